The summed E-state index contributed by atoms with van der Waals surface area (Å²) in [6, 6.07) is 5.17. The Morgan fingerprint density at radius 2 is 2.18 bits per heavy atom. The van der Waals surface area contributed by atoms with Gasteiger partial charge in [0.25, 0.3) is 5.56 Å². The molecule has 2 atom stereocenters. The summed E-state index contributed by atoms with van der Waals surface area (Å²) in [6.45, 7) is 8.15. The minimum absolute atomic E-state index is 0.0612. The van der Waals surface area contributed by atoms with E-state index in [1.165, 1.54) is 16.6 Å². The monoisotopic (exact) mass is 495 g/mol. The number of nitrogens with zero attached hydrogens (tertiary/aromatic N) is 2. The van der Waals surface area contributed by atoms with Crippen LogP contribution in [0.4, 0.5) is 5.69 Å². The maximum atomic E-state index is 13.5. The third kappa shape index (κ3) is 4.12. The van der Waals surface area contributed by atoms with Crippen molar-refractivity contribution in [1.29, 1.82) is 0 Å². The van der Waals surface area contributed by atoms with E-state index >= 15 is 0 Å². The predicted molar refractivity (Wildman–Crippen MR) is 138 cm³/mol. The lowest BCUT2D eigenvalue weighted by Crippen LogP contribution is -2.27. The molecule has 0 aliphatic heterocycles. The number of nitrogens with one attached hydrogen (secondary N) is 3. The lowest BCUT2D eigenvalue weighted by atomic mass is 9.89. The molecule has 8 nitrogen and oxygen atoms in total. The summed E-state index contributed by atoms with van der Waals surface area (Å²) in [5, 5.41) is 3.62. The number of aromatic nitrogens is 4. The van der Waals surface area contributed by atoms with Crippen molar-refractivity contribution in [3.8, 4) is 0 Å². The van der Waals surface area contributed by atoms with Crippen LogP contribution < -0.4 is 16.6 Å². The Morgan fingerprint density at radius 1 is 1.38 bits per heavy atom. The van der Waals surface area contributed by atoms with Gasteiger partial charge in [0.2, 0.25) is 5.91 Å². The fourth-order valence-electron chi connectivity index (χ4n) is 4.35. The molecule has 176 valence electrons. The molecule has 1 aliphatic carbocycles. The van der Waals surface area contributed by atoms with Gasteiger partial charge in [0.15, 0.2) is 5.16 Å². The number of aromatic amines is 2. The Hall–Kier alpha value is -3.11. The molecule has 10 heteroatoms. The van der Waals surface area contributed by atoms with E-state index in [2.05, 4.69) is 28.8 Å². The third-order valence-electron chi connectivity index (χ3n) is 6.13. The summed E-state index contributed by atoms with van der Waals surface area (Å²) >= 11 is 2.86. The second-order valence-electron chi connectivity index (χ2n) is 8.72. The minimum atomic E-state index is -0.504. The molecule has 1 aliphatic rings. The maximum absolute atomic E-state index is 13.5. The van der Waals surface area contributed by atoms with Crippen molar-refractivity contribution in [2.24, 2.45) is 5.92 Å². The first kappa shape index (κ1) is 22.7. The molecule has 3 aromatic heterocycles. The number of rotatable bonds is 6. The number of imidazole rings is 1. The van der Waals surface area contributed by atoms with E-state index in [4.69, 9.17) is 4.98 Å². The molecule has 1 aromatic carbocycles. The smallest absolute Gasteiger partial charge is 0.323 e. The minimum Gasteiger partial charge on any atom is -0.325 e. The highest BCUT2D eigenvalue weighted by Crippen LogP contribution is 2.37. The van der Waals surface area contributed by atoms with E-state index in [1.54, 1.807) is 47.1 Å². The Labute approximate surface area is 203 Å². The van der Waals surface area contributed by atoms with Gasteiger partial charge in [0.1, 0.15) is 4.83 Å². The fourth-order valence-corrected chi connectivity index (χ4v) is 6.69. The van der Waals surface area contributed by atoms with Crippen molar-refractivity contribution in [2.75, 3.05) is 5.32 Å². The van der Waals surface area contributed by atoms with E-state index in [-0.39, 0.29) is 17.2 Å². The third-order valence-corrected chi connectivity index (χ3v) is 8.37. The number of benzene rings is 1. The second-order valence-corrected chi connectivity index (χ2v) is 11.1. The average Bonchev–Trinajstić information content (AvgIpc) is 3.34. The number of fused-ring (bicyclic) bond motifs is 4. The van der Waals surface area contributed by atoms with Crippen molar-refractivity contribution in [3.63, 3.8) is 0 Å². The van der Waals surface area contributed by atoms with Gasteiger partial charge in [-0.3, -0.25) is 14.2 Å². The second kappa shape index (κ2) is 8.92. The zero-order valence-corrected chi connectivity index (χ0v) is 20.6. The summed E-state index contributed by atoms with van der Waals surface area (Å²) in [5.74, 6) is 0.387. The number of amides is 1. The maximum Gasteiger partial charge on any atom is 0.323 e. The zero-order chi connectivity index (χ0) is 24.0. The van der Waals surface area contributed by atoms with Crippen LogP contribution in [-0.4, -0.2) is 30.7 Å². The molecule has 3 heterocycles. The van der Waals surface area contributed by atoms with Crippen LogP contribution >= 0.6 is 23.1 Å². The summed E-state index contributed by atoms with van der Waals surface area (Å²) in [4.78, 5) is 50.1. The van der Waals surface area contributed by atoms with Gasteiger partial charge in [-0.25, -0.2) is 9.78 Å². The van der Waals surface area contributed by atoms with Gasteiger partial charge in [0, 0.05) is 17.1 Å². The number of hydrogen-bond donors (Lipinski definition) is 3. The number of anilines is 1. The molecule has 3 N–H and O–H groups in total. The first-order chi connectivity index (χ1) is 16.3. The standard InChI is InChI=1S/C24H25N5O3S2/c1-4-9-29-22(31)19-15-7-5-12(2)10-18(15)34-21(19)28-24(29)33-13(3)20(30)25-14-6-8-16-17(11-14)27-23(32)26-16/h4,6,8,11-13H,1,5,7,9-10H2,2-3H3,(H,25,30)(H2,26,27,32). The molecule has 1 amide bonds. The van der Waals surface area contributed by atoms with Crippen LogP contribution in [0.3, 0.4) is 0 Å². The quantitative estimate of drug-likeness (QED) is 0.212. The Morgan fingerprint density at radius 3 is 2.97 bits per heavy atom. The van der Waals surface area contributed by atoms with Crippen LogP contribution in [0.15, 0.2) is 45.6 Å². The first-order valence-electron chi connectivity index (χ1n) is 11.2. The van der Waals surface area contributed by atoms with Crippen molar-refractivity contribution in [1.82, 2.24) is 19.5 Å². The van der Waals surface area contributed by atoms with Gasteiger partial charge in [-0.15, -0.1) is 17.9 Å². The molecule has 0 saturated carbocycles. The van der Waals surface area contributed by atoms with Crippen molar-refractivity contribution in [2.45, 2.75) is 50.1 Å². The van der Waals surface area contributed by atoms with Gasteiger partial charge < -0.3 is 15.3 Å². The number of allylic oxidation sites excluding steroid dienone is 1. The number of H-pyrrole nitrogens is 2. The molecule has 2 unspecified atom stereocenters. The summed E-state index contributed by atoms with van der Waals surface area (Å²) in [6.07, 6.45) is 4.65. The number of thiophene rings is 1. The lowest BCUT2D eigenvalue weighted by molar-refractivity contribution is -0.115. The van der Waals surface area contributed by atoms with Gasteiger partial charge >= 0.3 is 5.69 Å². The summed E-state index contributed by atoms with van der Waals surface area (Å²) in [5.41, 5.74) is 2.65. The van der Waals surface area contributed by atoms with E-state index in [0.717, 1.165) is 35.0 Å². The number of thioether (sulfide) groups is 1. The van der Waals surface area contributed by atoms with Crippen LogP contribution in [-0.2, 0) is 24.2 Å². The Balaban J connectivity index is 1.43. The van der Waals surface area contributed by atoms with Crippen LogP contribution in [0.1, 0.15) is 30.7 Å². The van der Waals surface area contributed by atoms with Crippen molar-refractivity contribution in [3.05, 3.63) is 62.1 Å². The zero-order valence-electron chi connectivity index (χ0n) is 18.9. The van der Waals surface area contributed by atoms with Crippen molar-refractivity contribution >= 4 is 55.9 Å². The predicted octanol–water partition coefficient (Wildman–Crippen LogP) is 4.06. The van der Waals surface area contributed by atoms with E-state index in [1.807, 2.05) is 0 Å². The number of carbonyl (C=O) groups excluding carboxylic acids is 1. The molecule has 0 spiro atoms. The Kier molecular flexibility index (Phi) is 5.95. The molecule has 0 radical (unpaired) electrons. The van der Waals surface area contributed by atoms with Crippen LogP contribution in [0, 0.1) is 5.92 Å². The Bertz CT molecular complexity index is 1540. The fraction of sp³-hybridized carbons (Fsp3) is 0.333. The van der Waals surface area contributed by atoms with E-state index in [9.17, 15) is 14.4 Å². The SMILES string of the molecule is C=CCn1c(SC(C)C(=O)Nc2ccc3[nH]c(=O)[nH]c3c2)nc2sc3c(c2c1=O)CCC(C)C3. The largest absolute Gasteiger partial charge is 0.325 e. The number of carbonyl (C=O) groups is 1. The lowest BCUT2D eigenvalue weighted by Gasteiger charge is -2.18. The molecule has 34 heavy (non-hydrogen) atoms. The van der Waals surface area contributed by atoms with E-state index in [0.29, 0.717) is 34.3 Å². The number of hydrogen-bond acceptors (Lipinski definition) is 6. The first-order valence-corrected chi connectivity index (χ1v) is 12.9. The average molecular weight is 496 g/mol. The molecular weight excluding hydrogens is 470 g/mol. The van der Waals surface area contributed by atoms with Crippen molar-refractivity contribution < 1.29 is 4.79 Å². The highest BCUT2D eigenvalue weighted by Gasteiger charge is 2.26. The van der Waals surface area contributed by atoms with Gasteiger partial charge in [-0.05, 0) is 55.9 Å². The molecular formula is C24H25N5O3S2. The summed E-state index contributed by atoms with van der Waals surface area (Å²) < 4.78 is 1.62. The van der Waals surface area contributed by atoms with Crippen LogP contribution in [0.25, 0.3) is 21.3 Å². The van der Waals surface area contributed by atoms with Crippen LogP contribution in [0.2, 0.25) is 0 Å². The molecule has 0 fully saturated rings. The molecule has 0 bridgehead atoms. The van der Waals surface area contributed by atoms with Gasteiger partial charge in [-0.1, -0.05) is 24.8 Å². The molecule has 4 aromatic rings. The molecule has 5 rings (SSSR count). The normalized spacial score (nSPS) is 16.5. The van der Waals surface area contributed by atoms with Gasteiger partial charge in [-0.2, -0.15) is 0 Å². The number of aryl methyl sites for hydroxylation is 1. The topological polar surface area (TPSA) is 113 Å². The summed E-state index contributed by atoms with van der Waals surface area (Å²) in [7, 11) is 0. The van der Waals surface area contributed by atoms with Crippen LogP contribution in [0.5, 0.6) is 0 Å². The van der Waals surface area contributed by atoms with Gasteiger partial charge in [0.05, 0.1) is 21.7 Å². The highest BCUT2D eigenvalue weighted by atomic mass is 32.2. The highest BCUT2D eigenvalue weighted by molar-refractivity contribution is 8.00. The molecule has 0 saturated heterocycles. The van der Waals surface area contributed by atoms with E-state index < -0.39 is 5.25 Å².